The smallest absolute Gasteiger partial charge is 0.117 e. The molecule has 3 N–H and O–H groups in total. The first-order valence-corrected chi connectivity index (χ1v) is 4.70. The fourth-order valence-corrected chi connectivity index (χ4v) is 1.64. The van der Waals surface area contributed by atoms with Crippen molar-refractivity contribution in [3.05, 3.63) is 30.5 Å². The average molecular weight is 190 g/mol. The van der Waals surface area contributed by atoms with Crippen molar-refractivity contribution >= 4 is 10.9 Å². The van der Waals surface area contributed by atoms with Crippen LogP contribution in [0.15, 0.2) is 30.5 Å². The van der Waals surface area contributed by atoms with Gasteiger partial charge < -0.3 is 15.4 Å². The van der Waals surface area contributed by atoms with Gasteiger partial charge in [-0.1, -0.05) is 0 Å². The highest BCUT2D eigenvalue weighted by molar-refractivity contribution is 5.81. The summed E-state index contributed by atoms with van der Waals surface area (Å²) in [4.78, 5) is 0. The number of hydrogen-bond acceptors (Lipinski definition) is 2. The van der Waals surface area contributed by atoms with Gasteiger partial charge in [0.05, 0.1) is 5.52 Å². The molecule has 1 aromatic heterocycles. The van der Waals surface area contributed by atoms with E-state index in [-0.39, 0.29) is 6.04 Å². The van der Waals surface area contributed by atoms with Crippen LogP contribution in [0.25, 0.3) is 10.9 Å². The van der Waals surface area contributed by atoms with Crippen LogP contribution in [0.4, 0.5) is 0 Å². The van der Waals surface area contributed by atoms with Crippen LogP contribution in [0.2, 0.25) is 0 Å². The summed E-state index contributed by atoms with van der Waals surface area (Å²) in [6.45, 7) is 2.74. The quantitative estimate of drug-likeness (QED) is 0.757. The Morgan fingerprint density at radius 2 is 2.21 bits per heavy atom. The lowest BCUT2D eigenvalue weighted by atomic mass is 10.2. The molecular weight excluding hydrogens is 176 g/mol. The molecular formula is C11H14N2O. The van der Waals surface area contributed by atoms with E-state index in [0.717, 1.165) is 17.4 Å². The van der Waals surface area contributed by atoms with Crippen molar-refractivity contribution in [2.75, 3.05) is 0 Å². The Hall–Kier alpha value is -1.48. The summed E-state index contributed by atoms with van der Waals surface area (Å²) in [6.07, 6.45) is 1.99. The Balaban J connectivity index is 2.50. The Morgan fingerprint density at radius 3 is 2.93 bits per heavy atom. The van der Waals surface area contributed by atoms with Gasteiger partial charge in [0.25, 0.3) is 0 Å². The lowest BCUT2D eigenvalue weighted by Gasteiger charge is -2.08. The van der Waals surface area contributed by atoms with E-state index in [2.05, 4.69) is 4.57 Å². The number of fused-ring (bicyclic) bond motifs is 1. The minimum absolute atomic E-state index is 0.118. The summed E-state index contributed by atoms with van der Waals surface area (Å²) in [5.41, 5.74) is 6.76. The van der Waals surface area contributed by atoms with Crippen LogP contribution in [0.5, 0.6) is 5.75 Å². The van der Waals surface area contributed by atoms with Gasteiger partial charge in [-0.3, -0.25) is 0 Å². The van der Waals surface area contributed by atoms with E-state index in [1.165, 1.54) is 0 Å². The largest absolute Gasteiger partial charge is 0.508 e. The van der Waals surface area contributed by atoms with Crippen LogP contribution in [-0.2, 0) is 6.54 Å². The molecule has 0 spiro atoms. The second kappa shape index (κ2) is 3.35. The van der Waals surface area contributed by atoms with Gasteiger partial charge in [0.15, 0.2) is 0 Å². The zero-order valence-corrected chi connectivity index (χ0v) is 8.14. The fraction of sp³-hybridized carbons (Fsp3) is 0.273. The molecule has 0 saturated carbocycles. The van der Waals surface area contributed by atoms with Gasteiger partial charge in [0, 0.05) is 24.8 Å². The summed E-state index contributed by atoms with van der Waals surface area (Å²) >= 11 is 0. The molecule has 14 heavy (non-hydrogen) atoms. The number of phenolic OH excluding ortho intramolecular Hbond substituents is 1. The highest BCUT2D eigenvalue weighted by atomic mass is 16.3. The van der Waals surface area contributed by atoms with Crippen molar-refractivity contribution in [1.29, 1.82) is 0 Å². The number of aromatic hydroxyl groups is 1. The molecule has 2 rings (SSSR count). The van der Waals surface area contributed by atoms with E-state index in [4.69, 9.17) is 5.73 Å². The molecule has 3 heteroatoms. The van der Waals surface area contributed by atoms with Crippen LogP contribution in [0.1, 0.15) is 6.92 Å². The van der Waals surface area contributed by atoms with E-state index in [1.54, 1.807) is 12.1 Å². The second-order valence-electron chi connectivity index (χ2n) is 3.69. The lowest BCUT2D eigenvalue weighted by Crippen LogP contribution is -2.21. The van der Waals surface area contributed by atoms with E-state index in [1.807, 2.05) is 25.3 Å². The topological polar surface area (TPSA) is 51.2 Å². The molecule has 0 aliphatic heterocycles. The summed E-state index contributed by atoms with van der Waals surface area (Å²) < 4.78 is 2.06. The summed E-state index contributed by atoms with van der Waals surface area (Å²) in [7, 11) is 0. The second-order valence-corrected chi connectivity index (χ2v) is 3.69. The molecule has 0 amide bonds. The van der Waals surface area contributed by atoms with Crippen LogP contribution in [0.3, 0.4) is 0 Å². The van der Waals surface area contributed by atoms with Crippen LogP contribution < -0.4 is 5.73 Å². The molecule has 0 unspecified atom stereocenters. The Morgan fingerprint density at radius 1 is 1.43 bits per heavy atom. The normalized spacial score (nSPS) is 13.3. The summed E-state index contributed by atoms with van der Waals surface area (Å²) in [6, 6.07) is 7.50. The number of nitrogens with zero attached hydrogens (tertiary/aromatic N) is 1. The number of hydrogen-bond donors (Lipinski definition) is 2. The van der Waals surface area contributed by atoms with E-state index >= 15 is 0 Å². The Bertz CT molecular complexity index is 445. The SMILES string of the molecule is C[C@H](N)Cn1ccc2ccc(O)cc21. The number of benzene rings is 1. The van der Waals surface area contributed by atoms with Crippen molar-refractivity contribution < 1.29 is 5.11 Å². The van der Waals surface area contributed by atoms with Crippen LogP contribution in [-0.4, -0.2) is 15.7 Å². The van der Waals surface area contributed by atoms with Gasteiger partial charge in [-0.2, -0.15) is 0 Å². The zero-order valence-electron chi connectivity index (χ0n) is 8.14. The van der Waals surface area contributed by atoms with Gasteiger partial charge in [0.2, 0.25) is 0 Å². The van der Waals surface area contributed by atoms with Gasteiger partial charge >= 0.3 is 0 Å². The van der Waals surface area contributed by atoms with Crippen LogP contribution >= 0.6 is 0 Å². The third kappa shape index (κ3) is 1.59. The molecule has 0 aliphatic rings. The van der Waals surface area contributed by atoms with Gasteiger partial charge in [-0.05, 0) is 30.5 Å². The molecule has 0 saturated heterocycles. The number of aromatic nitrogens is 1. The molecule has 0 bridgehead atoms. The van der Waals surface area contributed by atoms with Crippen molar-refractivity contribution in [1.82, 2.24) is 4.57 Å². The molecule has 3 nitrogen and oxygen atoms in total. The molecule has 1 heterocycles. The molecule has 1 atom stereocenters. The maximum Gasteiger partial charge on any atom is 0.117 e. The molecule has 0 radical (unpaired) electrons. The molecule has 0 fully saturated rings. The van der Waals surface area contributed by atoms with Crippen LogP contribution in [0, 0.1) is 0 Å². The Labute approximate surface area is 82.8 Å². The zero-order chi connectivity index (χ0) is 10.1. The van der Waals surface area contributed by atoms with E-state index in [9.17, 15) is 5.11 Å². The third-order valence-corrected chi connectivity index (χ3v) is 2.24. The maximum atomic E-state index is 9.36. The average Bonchev–Trinajstić information content (AvgIpc) is 2.47. The van der Waals surface area contributed by atoms with Gasteiger partial charge in [-0.25, -0.2) is 0 Å². The first-order chi connectivity index (χ1) is 6.66. The summed E-state index contributed by atoms with van der Waals surface area (Å²) in [5.74, 6) is 0.294. The summed E-state index contributed by atoms with van der Waals surface area (Å²) in [5, 5.41) is 10.5. The molecule has 74 valence electrons. The molecule has 1 aromatic carbocycles. The minimum Gasteiger partial charge on any atom is -0.508 e. The van der Waals surface area contributed by atoms with Crippen molar-refractivity contribution in [2.45, 2.75) is 19.5 Å². The van der Waals surface area contributed by atoms with Crippen molar-refractivity contribution in [3.8, 4) is 5.75 Å². The fourth-order valence-electron chi connectivity index (χ4n) is 1.64. The van der Waals surface area contributed by atoms with Crippen molar-refractivity contribution in [2.24, 2.45) is 5.73 Å². The highest BCUT2D eigenvalue weighted by Gasteiger charge is 2.03. The Kier molecular flexibility index (Phi) is 2.17. The first-order valence-electron chi connectivity index (χ1n) is 4.70. The minimum atomic E-state index is 0.118. The van der Waals surface area contributed by atoms with E-state index < -0.39 is 0 Å². The lowest BCUT2D eigenvalue weighted by molar-refractivity contribution is 0.475. The molecule has 2 aromatic rings. The van der Waals surface area contributed by atoms with Crippen molar-refractivity contribution in [3.63, 3.8) is 0 Å². The van der Waals surface area contributed by atoms with E-state index in [0.29, 0.717) is 5.75 Å². The van der Waals surface area contributed by atoms with Gasteiger partial charge in [-0.15, -0.1) is 0 Å². The number of nitrogens with two attached hydrogens (primary N) is 1. The number of phenols is 1. The van der Waals surface area contributed by atoms with Gasteiger partial charge in [0.1, 0.15) is 5.75 Å². The number of rotatable bonds is 2. The first kappa shape index (κ1) is 9.09. The predicted molar refractivity (Wildman–Crippen MR) is 57.3 cm³/mol. The standard InChI is InChI=1S/C11H14N2O/c1-8(12)7-13-5-4-9-2-3-10(14)6-11(9)13/h2-6,8,14H,7,12H2,1H3/t8-/m0/s1. The monoisotopic (exact) mass is 190 g/mol. The predicted octanol–water partition coefficient (Wildman–Crippen LogP) is 1.69. The molecule has 0 aliphatic carbocycles. The maximum absolute atomic E-state index is 9.36. The third-order valence-electron chi connectivity index (χ3n) is 2.24. The highest BCUT2D eigenvalue weighted by Crippen LogP contribution is 2.20.